The number of halogens is 1. The van der Waals surface area contributed by atoms with E-state index in [0.29, 0.717) is 13.1 Å². The van der Waals surface area contributed by atoms with E-state index in [2.05, 4.69) is 0 Å². The predicted molar refractivity (Wildman–Crippen MR) is 70.6 cm³/mol. The molecule has 0 aliphatic carbocycles. The number of hydrogen-bond acceptors (Lipinski definition) is 3. The van der Waals surface area contributed by atoms with E-state index in [1.807, 2.05) is 30.9 Å². The van der Waals surface area contributed by atoms with Crippen molar-refractivity contribution < 1.29 is 9.18 Å². The summed E-state index contributed by atoms with van der Waals surface area (Å²) in [5.74, 6) is -0.233. The molecular formula is C13H18FN3O. The maximum Gasteiger partial charge on any atom is 0.241 e. The molecule has 1 amide bonds. The number of amides is 1. The van der Waals surface area contributed by atoms with Gasteiger partial charge in [-0.2, -0.15) is 0 Å². The number of carbonyl (C=O) groups excluding carboxylic acids is 1. The van der Waals surface area contributed by atoms with Gasteiger partial charge in [-0.05, 0) is 32.3 Å². The SMILES string of the molecule is CN(C)CC(=O)N1CCN(C)c2cc(F)ccc21. The molecule has 5 heteroatoms. The fourth-order valence-corrected chi connectivity index (χ4v) is 2.14. The van der Waals surface area contributed by atoms with Crippen molar-refractivity contribution in [3.63, 3.8) is 0 Å². The number of anilines is 2. The highest BCUT2D eigenvalue weighted by Gasteiger charge is 2.25. The van der Waals surface area contributed by atoms with Crippen LogP contribution in [0.15, 0.2) is 18.2 Å². The Labute approximate surface area is 107 Å². The van der Waals surface area contributed by atoms with Crippen LogP contribution >= 0.6 is 0 Å². The second-order valence-electron chi connectivity index (χ2n) is 4.84. The molecule has 0 atom stereocenters. The van der Waals surface area contributed by atoms with E-state index in [0.717, 1.165) is 17.9 Å². The molecule has 98 valence electrons. The van der Waals surface area contributed by atoms with Gasteiger partial charge in [0.1, 0.15) is 5.82 Å². The predicted octanol–water partition coefficient (Wildman–Crippen LogP) is 1.17. The number of fused-ring (bicyclic) bond motifs is 1. The van der Waals surface area contributed by atoms with Crippen LogP contribution in [0, 0.1) is 5.82 Å². The maximum atomic E-state index is 13.3. The first kappa shape index (κ1) is 12.8. The topological polar surface area (TPSA) is 26.8 Å². The smallest absolute Gasteiger partial charge is 0.241 e. The molecule has 0 radical (unpaired) electrons. The first-order valence-corrected chi connectivity index (χ1v) is 5.95. The summed E-state index contributed by atoms with van der Waals surface area (Å²) in [7, 11) is 5.63. The highest BCUT2D eigenvalue weighted by Crippen LogP contribution is 2.32. The molecule has 0 spiro atoms. The van der Waals surface area contributed by atoms with Gasteiger partial charge < -0.3 is 14.7 Å². The zero-order chi connectivity index (χ0) is 13.3. The van der Waals surface area contributed by atoms with Crippen LogP contribution < -0.4 is 9.80 Å². The van der Waals surface area contributed by atoms with Gasteiger partial charge in [-0.3, -0.25) is 4.79 Å². The molecule has 0 aromatic heterocycles. The van der Waals surface area contributed by atoms with E-state index < -0.39 is 0 Å². The summed E-state index contributed by atoms with van der Waals surface area (Å²) >= 11 is 0. The van der Waals surface area contributed by atoms with E-state index in [9.17, 15) is 9.18 Å². The molecule has 2 rings (SSSR count). The number of nitrogens with zero attached hydrogens (tertiary/aromatic N) is 3. The summed E-state index contributed by atoms with van der Waals surface area (Å²) in [5.41, 5.74) is 1.56. The monoisotopic (exact) mass is 251 g/mol. The lowest BCUT2D eigenvalue weighted by molar-refractivity contribution is -0.119. The Bertz CT molecular complexity index is 462. The van der Waals surface area contributed by atoms with E-state index in [1.54, 1.807) is 11.0 Å². The van der Waals surface area contributed by atoms with Gasteiger partial charge in [-0.25, -0.2) is 4.39 Å². The van der Waals surface area contributed by atoms with Gasteiger partial charge in [-0.15, -0.1) is 0 Å². The van der Waals surface area contributed by atoms with Crippen molar-refractivity contribution in [2.45, 2.75) is 0 Å². The number of benzene rings is 1. The quantitative estimate of drug-likeness (QED) is 0.789. The van der Waals surface area contributed by atoms with Gasteiger partial charge in [-0.1, -0.05) is 0 Å². The second kappa shape index (κ2) is 4.94. The Kier molecular flexibility index (Phi) is 3.52. The number of likely N-dealkylation sites (N-methyl/N-ethyl adjacent to an activating group) is 2. The average molecular weight is 251 g/mol. The molecular weight excluding hydrogens is 233 g/mol. The van der Waals surface area contributed by atoms with Crippen LogP contribution in [0.1, 0.15) is 0 Å². The lowest BCUT2D eigenvalue weighted by Crippen LogP contribution is -2.45. The normalized spacial score (nSPS) is 14.9. The van der Waals surface area contributed by atoms with Crippen molar-refractivity contribution in [1.29, 1.82) is 0 Å². The minimum Gasteiger partial charge on any atom is -0.371 e. The van der Waals surface area contributed by atoms with Crippen LogP contribution in [0.25, 0.3) is 0 Å². The Morgan fingerprint density at radius 1 is 1.33 bits per heavy atom. The first-order chi connectivity index (χ1) is 8.49. The zero-order valence-corrected chi connectivity index (χ0v) is 11.0. The summed E-state index contributed by atoms with van der Waals surface area (Å²) in [4.78, 5) is 17.7. The van der Waals surface area contributed by atoms with Gasteiger partial charge in [0.15, 0.2) is 0 Å². The summed E-state index contributed by atoms with van der Waals surface area (Å²) < 4.78 is 13.3. The first-order valence-electron chi connectivity index (χ1n) is 5.95. The molecule has 0 saturated carbocycles. The van der Waals surface area contributed by atoms with Crippen LogP contribution in [0.4, 0.5) is 15.8 Å². The average Bonchev–Trinajstić information content (AvgIpc) is 2.29. The fraction of sp³-hybridized carbons (Fsp3) is 0.462. The number of hydrogen-bond donors (Lipinski definition) is 0. The lowest BCUT2D eigenvalue weighted by atomic mass is 10.1. The number of carbonyl (C=O) groups is 1. The van der Waals surface area contributed by atoms with Crippen LogP contribution in [0.5, 0.6) is 0 Å². The lowest BCUT2D eigenvalue weighted by Gasteiger charge is -2.36. The van der Waals surface area contributed by atoms with Crippen molar-refractivity contribution in [3.8, 4) is 0 Å². The van der Waals surface area contributed by atoms with E-state index in [1.165, 1.54) is 12.1 Å². The molecule has 1 aliphatic rings. The Balaban J connectivity index is 2.31. The molecule has 1 aliphatic heterocycles. The molecule has 18 heavy (non-hydrogen) atoms. The fourth-order valence-electron chi connectivity index (χ4n) is 2.14. The van der Waals surface area contributed by atoms with Gasteiger partial charge in [0.2, 0.25) is 5.91 Å². The van der Waals surface area contributed by atoms with Gasteiger partial charge in [0.25, 0.3) is 0 Å². The van der Waals surface area contributed by atoms with Gasteiger partial charge >= 0.3 is 0 Å². The molecule has 4 nitrogen and oxygen atoms in total. The highest BCUT2D eigenvalue weighted by molar-refractivity contribution is 5.98. The molecule has 0 saturated heterocycles. The minimum absolute atomic E-state index is 0.0426. The summed E-state index contributed by atoms with van der Waals surface area (Å²) in [6, 6.07) is 4.55. The van der Waals surface area contributed by atoms with E-state index in [4.69, 9.17) is 0 Å². The van der Waals surface area contributed by atoms with Gasteiger partial charge in [0, 0.05) is 20.1 Å². The minimum atomic E-state index is -0.275. The zero-order valence-electron chi connectivity index (χ0n) is 11.0. The van der Waals surface area contributed by atoms with E-state index in [-0.39, 0.29) is 11.7 Å². The summed E-state index contributed by atoms with van der Waals surface area (Å²) in [6.45, 7) is 1.72. The molecule has 0 unspecified atom stereocenters. The standard InChI is InChI=1S/C13H18FN3O/c1-15(2)9-13(18)17-7-6-16(3)12-8-10(14)4-5-11(12)17/h4-5,8H,6-7,9H2,1-3H3. The number of rotatable bonds is 2. The maximum absolute atomic E-state index is 13.3. The molecule has 0 bridgehead atoms. The highest BCUT2D eigenvalue weighted by atomic mass is 19.1. The van der Waals surface area contributed by atoms with Crippen LogP contribution in [0.2, 0.25) is 0 Å². The third-order valence-corrected chi connectivity index (χ3v) is 3.05. The summed E-state index contributed by atoms with van der Waals surface area (Å²) in [6.07, 6.45) is 0. The van der Waals surface area contributed by atoms with Crippen LogP contribution in [-0.4, -0.2) is 51.6 Å². The van der Waals surface area contributed by atoms with Crippen molar-refractivity contribution in [3.05, 3.63) is 24.0 Å². The second-order valence-corrected chi connectivity index (χ2v) is 4.84. The summed E-state index contributed by atoms with van der Waals surface area (Å²) in [5, 5.41) is 0. The van der Waals surface area contributed by atoms with Crippen molar-refractivity contribution in [2.24, 2.45) is 0 Å². The third-order valence-electron chi connectivity index (χ3n) is 3.05. The molecule has 0 fully saturated rings. The van der Waals surface area contributed by atoms with Crippen molar-refractivity contribution >= 4 is 17.3 Å². The Hall–Kier alpha value is -1.62. The largest absolute Gasteiger partial charge is 0.371 e. The molecule has 1 aromatic carbocycles. The Morgan fingerprint density at radius 3 is 2.72 bits per heavy atom. The molecule has 1 heterocycles. The Morgan fingerprint density at radius 2 is 2.06 bits per heavy atom. The van der Waals surface area contributed by atoms with Crippen molar-refractivity contribution in [2.75, 3.05) is 50.6 Å². The van der Waals surface area contributed by atoms with Crippen LogP contribution in [0.3, 0.4) is 0 Å². The molecule has 1 aromatic rings. The molecule has 0 N–H and O–H groups in total. The van der Waals surface area contributed by atoms with Crippen molar-refractivity contribution in [1.82, 2.24) is 4.90 Å². The van der Waals surface area contributed by atoms with Crippen LogP contribution in [-0.2, 0) is 4.79 Å². The third kappa shape index (κ3) is 2.46. The van der Waals surface area contributed by atoms with E-state index >= 15 is 0 Å². The van der Waals surface area contributed by atoms with Gasteiger partial charge in [0.05, 0.1) is 17.9 Å².